The van der Waals surface area contributed by atoms with Gasteiger partial charge in [0.15, 0.2) is 0 Å². The Balaban J connectivity index is 3.08. The molecule has 0 rings (SSSR count). The zero-order valence-corrected chi connectivity index (χ0v) is 7.18. The van der Waals surface area contributed by atoms with E-state index in [9.17, 15) is 4.79 Å². The summed E-state index contributed by atoms with van der Waals surface area (Å²) in [6, 6.07) is 0.463. The molecule has 0 aliphatic rings. The van der Waals surface area contributed by atoms with E-state index in [1.165, 1.54) is 0 Å². The highest BCUT2D eigenvalue weighted by molar-refractivity contribution is 5.77. The van der Waals surface area contributed by atoms with Gasteiger partial charge in [-0.3, -0.25) is 4.79 Å². The first kappa shape index (κ1) is 10.4. The Morgan fingerprint density at radius 3 is 2.55 bits per heavy atom. The Hall–Kier alpha value is -0.610. The number of amides is 1. The smallest absolute Gasteiger partial charge is 0.233 e. The molecule has 0 aromatic heterocycles. The fraction of sp³-hybridized carbons (Fsp3) is 0.857. The van der Waals surface area contributed by atoms with Crippen molar-refractivity contribution in [3.63, 3.8) is 0 Å². The lowest BCUT2D eigenvalue weighted by Gasteiger charge is -2.07. The van der Waals surface area contributed by atoms with E-state index >= 15 is 0 Å². The summed E-state index contributed by atoms with van der Waals surface area (Å²) in [6.07, 6.45) is 0. The van der Waals surface area contributed by atoms with Crippen molar-refractivity contribution < 1.29 is 4.79 Å². The Morgan fingerprint density at radius 2 is 2.09 bits per heavy atom. The van der Waals surface area contributed by atoms with Gasteiger partial charge in [-0.15, -0.1) is 0 Å². The molecule has 4 nitrogen and oxygen atoms in total. The van der Waals surface area contributed by atoms with Crippen molar-refractivity contribution in [1.82, 2.24) is 10.6 Å². The molecule has 1 amide bonds. The van der Waals surface area contributed by atoms with Gasteiger partial charge in [-0.1, -0.05) is 13.8 Å². The summed E-state index contributed by atoms with van der Waals surface area (Å²) in [5.74, 6) is -0.101. The van der Waals surface area contributed by atoms with Gasteiger partial charge in [-0.05, 0) is 0 Å². The Kier molecular flexibility index (Phi) is 5.78. The van der Waals surface area contributed by atoms with Crippen LogP contribution in [-0.4, -0.2) is 31.6 Å². The maximum atomic E-state index is 10.6. The average molecular weight is 159 g/mol. The first-order chi connectivity index (χ1) is 5.16. The summed E-state index contributed by atoms with van der Waals surface area (Å²) in [7, 11) is 0. The van der Waals surface area contributed by atoms with Gasteiger partial charge in [0.05, 0.1) is 6.54 Å². The molecule has 0 aliphatic heterocycles. The number of carbonyl (C=O) groups is 1. The molecule has 66 valence electrons. The molecule has 0 atom stereocenters. The molecule has 0 aromatic rings. The highest BCUT2D eigenvalue weighted by atomic mass is 16.1. The van der Waals surface area contributed by atoms with Crippen LogP contribution in [0.1, 0.15) is 13.8 Å². The Morgan fingerprint density at radius 1 is 1.45 bits per heavy atom. The predicted octanol–water partition coefficient (Wildman–Crippen LogP) is -0.941. The van der Waals surface area contributed by atoms with Crippen molar-refractivity contribution in [3.05, 3.63) is 0 Å². The van der Waals surface area contributed by atoms with Crippen molar-refractivity contribution in [2.75, 3.05) is 19.6 Å². The number of hydrogen-bond acceptors (Lipinski definition) is 3. The Labute approximate surface area is 67.5 Å². The second-order valence-corrected chi connectivity index (χ2v) is 2.66. The average Bonchev–Trinajstić information content (AvgIpc) is 1.97. The van der Waals surface area contributed by atoms with Crippen molar-refractivity contribution in [2.24, 2.45) is 5.73 Å². The summed E-state index contributed by atoms with van der Waals surface area (Å²) in [5, 5.41) is 5.83. The van der Waals surface area contributed by atoms with Crippen LogP contribution in [0.25, 0.3) is 0 Å². The van der Waals surface area contributed by atoms with Crippen LogP contribution in [0.4, 0.5) is 0 Å². The minimum absolute atomic E-state index is 0.0711. The van der Waals surface area contributed by atoms with Crippen molar-refractivity contribution in [2.45, 2.75) is 19.9 Å². The van der Waals surface area contributed by atoms with Gasteiger partial charge in [-0.25, -0.2) is 0 Å². The van der Waals surface area contributed by atoms with Gasteiger partial charge in [0.1, 0.15) is 0 Å². The van der Waals surface area contributed by atoms with Gasteiger partial charge < -0.3 is 16.4 Å². The third-order valence-electron chi connectivity index (χ3n) is 1.19. The zero-order valence-electron chi connectivity index (χ0n) is 7.18. The third-order valence-corrected chi connectivity index (χ3v) is 1.19. The van der Waals surface area contributed by atoms with Crippen molar-refractivity contribution >= 4 is 5.91 Å². The molecule has 0 fully saturated rings. The maximum absolute atomic E-state index is 10.6. The number of carbonyl (C=O) groups excluding carboxylic acids is 1. The van der Waals surface area contributed by atoms with Gasteiger partial charge in [0.2, 0.25) is 5.91 Å². The van der Waals surface area contributed by atoms with Gasteiger partial charge in [0, 0.05) is 19.1 Å². The van der Waals surface area contributed by atoms with Crippen LogP contribution in [0.2, 0.25) is 0 Å². The molecule has 0 aromatic carbocycles. The minimum atomic E-state index is -0.101. The highest BCUT2D eigenvalue weighted by Gasteiger charge is 1.95. The molecule has 0 saturated carbocycles. The molecule has 0 heterocycles. The zero-order chi connectivity index (χ0) is 8.69. The fourth-order valence-electron chi connectivity index (χ4n) is 0.635. The molecule has 4 N–H and O–H groups in total. The van der Waals surface area contributed by atoms with Crippen LogP contribution in [0.3, 0.4) is 0 Å². The lowest BCUT2D eigenvalue weighted by Crippen LogP contribution is -2.37. The fourth-order valence-corrected chi connectivity index (χ4v) is 0.635. The normalized spacial score (nSPS) is 10.2. The van der Waals surface area contributed by atoms with Crippen LogP contribution >= 0.6 is 0 Å². The molecule has 0 radical (unpaired) electrons. The topological polar surface area (TPSA) is 67.1 Å². The molecule has 0 aliphatic carbocycles. The molecular formula is C7H17N3O. The third kappa shape index (κ3) is 7.29. The van der Waals surface area contributed by atoms with E-state index in [1.54, 1.807) is 0 Å². The number of hydrogen-bond donors (Lipinski definition) is 3. The second-order valence-electron chi connectivity index (χ2n) is 2.66. The van der Waals surface area contributed by atoms with Crippen LogP contribution in [0.5, 0.6) is 0 Å². The summed E-state index contributed by atoms with van der Waals surface area (Å²) in [6.45, 7) is 5.63. The first-order valence-electron chi connectivity index (χ1n) is 3.87. The monoisotopic (exact) mass is 159 g/mol. The molecule has 0 bridgehead atoms. The Bertz CT molecular complexity index is 114. The second kappa shape index (κ2) is 6.12. The summed E-state index contributed by atoms with van der Waals surface area (Å²) in [5.41, 5.74) is 5.08. The van der Waals surface area contributed by atoms with Crippen molar-refractivity contribution in [1.29, 1.82) is 0 Å². The van der Waals surface area contributed by atoms with E-state index in [-0.39, 0.29) is 12.5 Å². The molecule has 0 unspecified atom stereocenters. The summed E-state index contributed by atoms with van der Waals surface area (Å²) >= 11 is 0. The lowest BCUT2D eigenvalue weighted by atomic mass is 10.4. The largest absolute Gasteiger partial charge is 0.354 e. The van der Waals surface area contributed by atoms with E-state index in [1.807, 2.05) is 0 Å². The quantitative estimate of drug-likeness (QED) is 0.453. The molecular weight excluding hydrogens is 142 g/mol. The van der Waals surface area contributed by atoms with E-state index < -0.39 is 0 Å². The van der Waals surface area contributed by atoms with Crippen LogP contribution < -0.4 is 16.4 Å². The van der Waals surface area contributed by atoms with Gasteiger partial charge in [-0.2, -0.15) is 0 Å². The van der Waals surface area contributed by atoms with E-state index in [0.29, 0.717) is 12.6 Å². The van der Waals surface area contributed by atoms with E-state index in [2.05, 4.69) is 24.5 Å². The number of rotatable bonds is 5. The molecule has 11 heavy (non-hydrogen) atoms. The van der Waals surface area contributed by atoms with Crippen LogP contribution in [0, 0.1) is 0 Å². The predicted molar refractivity (Wildman–Crippen MR) is 45.2 cm³/mol. The molecule has 4 heteroatoms. The van der Waals surface area contributed by atoms with Crippen LogP contribution in [0.15, 0.2) is 0 Å². The minimum Gasteiger partial charge on any atom is -0.354 e. The van der Waals surface area contributed by atoms with E-state index in [4.69, 9.17) is 5.73 Å². The lowest BCUT2D eigenvalue weighted by molar-refractivity contribution is -0.119. The van der Waals surface area contributed by atoms with E-state index in [0.717, 1.165) is 6.54 Å². The summed E-state index contributed by atoms with van der Waals surface area (Å²) < 4.78 is 0. The van der Waals surface area contributed by atoms with Gasteiger partial charge in [0.25, 0.3) is 0 Å². The number of nitrogens with one attached hydrogen (secondary N) is 2. The summed E-state index contributed by atoms with van der Waals surface area (Å²) in [4.78, 5) is 10.6. The van der Waals surface area contributed by atoms with Crippen LogP contribution in [-0.2, 0) is 4.79 Å². The highest BCUT2D eigenvalue weighted by Crippen LogP contribution is 1.72. The SMILES string of the molecule is CC(C)NCCNC(=O)CN. The molecule has 0 spiro atoms. The van der Waals surface area contributed by atoms with Crippen molar-refractivity contribution in [3.8, 4) is 0 Å². The number of nitrogens with two attached hydrogens (primary N) is 1. The molecule has 0 saturated heterocycles. The standard InChI is InChI=1S/C7H17N3O/c1-6(2)9-3-4-10-7(11)5-8/h6,9H,3-5,8H2,1-2H3,(H,10,11). The van der Waals surface area contributed by atoms with Gasteiger partial charge >= 0.3 is 0 Å². The first-order valence-corrected chi connectivity index (χ1v) is 3.87. The maximum Gasteiger partial charge on any atom is 0.233 e.